The van der Waals surface area contributed by atoms with Gasteiger partial charge in [-0.05, 0) is 24.9 Å². The first-order chi connectivity index (χ1) is 9.28. The van der Waals surface area contributed by atoms with Crippen molar-refractivity contribution in [3.63, 3.8) is 0 Å². The van der Waals surface area contributed by atoms with Crippen LogP contribution in [0.3, 0.4) is 0 Å². The maximum Gasteiger partial charge on any atom is 0.392 e. The molecule has 0 aromatic carbocycles. The molecule has 0 unspecified atom stereocenters. The second kappa shape index (κ2) is 7.47. The van der Waals surface area contributed by atoms with Crippen molar-refractivity contribution in [2.24, 2.45) is 5.92 Å². The molecule has 0 aliphatic carbocycles. The van der Waals surface area contributed by atoms with Crippen LogP contribution in [0, 0.1) is 12.8 Å². The Bertz CT molecular complexity index is 419. The van der Waals surface area contributed by atoms with Gasteiger partial charge in [0.05, 0.1) is 13.0 Å². The van der Waals surface area contributed by atoms with Crippen LogP contribution in [0.4, 0.5) is 13.2 Å². The Kier molecular flexibility index (Phi) is 6.26. The number of rotatable bonds is 7. The molecule has 1 aromatic heterocycles. The largest absolute Gasteiger partial charge is 0.477 e. The van der Waals surface area contributed by atoms with Gasteiger partial charge >= 0.3 is 6.18 Å². The van der Waals surface area contributed by atoms with E-state index in [4.69, 9.17) is 4.74 Å². The molecule has 1 rings (SSSR count). The Hall–Kier alpha value is -1.30. The fourth-order valence-corrected chi connectivity index (χ4v) is 1.60. The molecule has 0 radical (unpaired) electrons. The molecule has 6 heteroatoms. The van der Waals surface area contributed by atoms with Crippen molar-refractivity contribution < 1.29 is 17.9 Å². The van der Waals surface area contributed by atoms with Crippen LogP contribution in [0.2, 0.25) is 0 Å². The number of aromatic nitrogens is 1. The van der Waals surface area contributed by atoms with Gasteiger partial charge in [0.15, 0.2) is 0 Å². The highest BCUT2D eigenvalue weighted by molar-refractivity contribution is 5.24. The van der Waals surface area contributed by atoms with Gasteiger partial charge < -0.3 is 10.1 Å². The maximum absolute atomic E-state index is 12.0. The van der Waals surface area contributed by atoms with Crippen LogP contribution >= 0.6 is 0 Å². The van der Waals surface area contributed by atoms with Crippen LogP contribution in [0.5, 0.6) is 5.88 Å². The monoisotopic (exact) mass is 290 g/mol. The zero-order valence-corrected chi connectivity index (χ0v) is 12.0. The van der Waals surface area contributed by atoms with Gasteiger partial charge in [-0.2, -0.15) is 13.2 Å². The highest BCUT2D eigenvalue weighted by Gasteiger charge is 2.26. The molecule has 0 saturated heterocycles. The summed E-state index contributed by atoms with van der Waals surface area (Å²) in [6, 6.07) is 3.44. The van der Waals surface area contributed by atoms with E-state index in [1.165, 1.54) is 0 Å². The fraction of sp³-hybridized carbons (Fsp3) is 0.643. The third-order valence-corrected chi connectivity index (χ3v) is 2.67. The lowest BCUT2D eigenvalue weighted by Crippen LogP contribution is -2.19. The topological polar surface area (TPSA) is 34.1 Å². The van der Waals surface area contributed by atoms with Crippen molar-refractivity contribution in [2.75, 3.05) is 13.2 Å². The quantitative estimate of drug-likeness (QED) is 0.835. The Morgan fingerprint density at radius 1 is 1.30 bits per heavy atom. The molecule has 3 nitrogen and oxygen atoms in total. The van der Waals surface area contributed by atoms with Gasteiger partial charge in [0.2, 0.25) is 5.88 Å². The molecule has 114 valence electrons. The van der Waals surface area contributed by atoms with E-state index in [1.807, 2.05) is 13.0 Å². The molecule has 0 atom stereocenters. The van der Waals surface area contributed by atoms with E-state index in [0.717, 1.165) is 17.8 Å². The van der Waals surface area contributed by atoms with Crippen molar-refractivity contribution in [2.45, 2.75) is 39.9 Å². The molecule has 0 aliphatic rings. The van der Waals surface area contributed by atoms with E-state index >= 15 is 0 Å². The summed E-state index contributed by atoms with van der Waals surface area (Å²) in [5.74, 6) is 0.799. The van der Waals surface area contributed by atoms with Crippen LogP contribution in [-0.2, 0) is 6.54 Å². The van der Waals surface area contributed by atoms with Crippen LogP contribution in [0.1, 0.15) is 31.5 Å². The lowest BCUT2D eigenvalue weighted by Gasteiger charge is -2.11. The minimum absolute atomic E-state index is 0.236. The second-order valence-corrected chi connectivity index (χ2v) is 5.13. The smallest absolute Gasteiger partial charge is 0.392 e. The number of halogens is 3. The molecule has 1 heterocycles. The molecule has 0 aliphatic heterocycles. The number of hydrogen-bond acceptors (Lipinski definition) is 3. The van der Waals surface area contributed by atoms with Crippen molar-refractivity contribution in [1.29, 1.82) is 0 Å². The number of pyridine rings is 1. The number of hydrogen-bond donors (Lipinski definition) is 1. The van der Waals surface area contributed by atoms with Crippen LogP contribution in [0.15, 0.2) is 12.1 Å². The van der Waals surface area contributed by atoms with Gasteiger partial charge in [0.1, 0.15) is 0 Å². The summed E-state index contributed by atoms with van der Waals surface area (Å²) in [4.78, 5) is 4.16. The summed E-state index contributed by atoms with van der Waals surface area (Å²) in [7, 11) is 0. The third-order valence-electron chi connectivity index (χ3n) is 2.67. The van der Waals surface area contributed by atoms with Crippen molar-refractivity contribution in [3.05, 3.63) is 23.4 Å². The zero-order valence-electron chi connectivity index (χ0n) is 12.0. The number of nitrogens with zero attached hydrogens (tertiary/aromatic N) is 1. The van der Waals surface area contributed by atoms with E-state index in [2.05, 4.69) is 24.1 Å². The molecule has 0 saturated carbocycles. The third kappa shape index (κ3) is 6.75. The Morgan fingerprint density at radius 2 is 2.00 bits per heavy atom. The average molecular weight is 290 g/mol. The first kappa shape index (κ1) is 16.8. The van der Waals surface area contributed by atoms with Gasteiger partial charge in [-0.3, -0.25) is 0 Å². The van der Waals surface area contributed by atoms with Crippen molar-refractivity contribution in [1.82, 2.24) is 10.3 Å². The second-order valence-electron chi connectivity index (χ2n) is 5.13. The Labute approximate surface area is 117 Å². The Morgan fingerprint density at radius 3 is 2.55 bits per heavy atom. The molecule has 1 N–H and O–H groups in total. The van der Waals surface area contributed by atoms with Crippen molar-refractivity contribution >= 4 is 0 Å². The molecule has 0 fully saturated rings. The molecule has 0 bridgehead atoms. The molecule has 20 heavy (non-hydrogen) atoms. The molecule has 0 spiro atoms. The number of nitrogens with one attached hydrogen (secondary N) is 1. The van der Waals surface area contributed by atoms with Crippen LogP contribution < -0.4 is 10.1 Å². The van der Waals surface area contributed by atoms with Gasteiger partial charge in [-0.25, -0.2) is 4.98 Å². The normalized spacial score (nSPS) is 11.9. The summed E-state index contributed by atoms with van der Waals surface area (Å²) < 4.78 is 41.0. The lowest BCUT2D eigenvalue weighted by molar-refractivity contribution is -0.139. The van der Waals surface area contributed by atoms with E-state index in [-0.39, 0.29) is 5.88 Å². The van der Waals surface area contributed by atoms with Gasteiger partial charge in [-0.1, -0.05) is 19.9 Å². The molecule has 0 amide bonds. The van der Waals surface area contributed by atoms with Crippen LogP contribution in [0.25, 0.3) is 0 Å². The predicted molar refractivity (Wildman–Crippen MR) is 71.7 cm³/mol. The predicted octanol–water partition coefficient (Wildman–Crippen LogP) is 3.47. The molecular weight excluding hydrogens is 269 g/mol. The van der Waals surface area contributed by atoms with E-state index < -0.39 is 19.2 Å². The molecule has 1 aromatic rings. The minimum Gasteiger partial charge on any atom is -0.477 e. The lowest BCUT2D eigenvalue weighted by atomic mass is 10.2. The standard InChI is InChI=1S/C14H21F3N2O/c1-10(2)8-18-9-12-4-5-13(19-11(12)3)20-7-6-14(15,16)17/h4-5,10,18H,6-9H2,1-3H3. The zero-order chi connectivity index (χ0) is 15.2. The van der Waals surface area contributed by atoms with E-state index in [1.54, 1.807) is 6.07 Å². The van der Waals surface area contributed by atoms with Crippen LogP contribution in [-0.4, -0.2) is 24.3 Å². The highest BCUT2D eigenvalue weighted by atomic mass is 19.4. The SMILES string of the molecule is Cc1nc(OCCC(F)(F)F)ccc1CNCC(C)C. The minimum atomic E-state index is -4.20. The van der Waals surface area contributed by atoms with Gasteiger partial charge in [0.25, 0.3) is 0 Å². The summed E-state index contributed by atoms with van der Waals surface area (Å²) in [6.45, 7) is 7.26. The number of ether oxygens (including phenoxy) is 1. The van der Waals surface area contributed by atoms with Gasteiger partial charge in [0, 0.05) is 18.3 Å². The highest BCUT2D eigenvalue weighted by Crippen LogP contribution is 2.20. The fourth-order valence-electron chi connectivity index (χ4n) is 1.60. The average Bonchev–Trinajstić information content (AvgIpc) is 2.30. The Balaban J connectivity index is 2.46. The number of aryl methyl sites for hydroxylation is 1. The van der Waals surface area contributed by atoms with E-state index in [9.17, 15) is 13.2 Å². The summed E-state index contributed by atoms with van der Waals surface area (Å²) in [5, 5.41) is 3.29. The summed E-state index contributed by atoms with van der Waals surface area (Å²) >= 11 is 0. The first-order valence-corrected chi connectivity index (χ1v) is 6.64. The summed E-state index contributed by atoms with van der Waals surface area (Å²) in [5.41, 5.74) is 1.79. The number of alkyl halides is 3. The van der Waals surface area contributed by atoms with Gasteiger partial charge in [-0.15, -0.1) is 0 Å². The van der Waals surface area contributed by atoms with Crippen molar-refractivity contribution in [3.8, 4) is 5.88 Å². The first-order valence-electron chi connectivity index (χ1n) is 6.64. The summed E-state index contributed by atoms with van der Waals surface area (Å²) in [6.07, 6.45) is -5.17. The van der Waals surface area contributed by atoms with E-state index in [0.29, 0.717) is 12.5 Å². The maximum atomic E-state index is 12.0. The molecular formula is C14H21F3N2O.